The van der Waals surface area contributed by atoms with Crippen molar-refractivity contribution < 1.29 is 13.7 Å². The first-order valence-electron chi connectivity index (χ1n) is 8.62. The Bertz CT molecular complexity index is 847. The molecule has 3 aromatic rings. The van der Waals surface area contributed by atoms with Crippen LogP contribution in [0, 0.1) is 0 Å². The van der Waals surface area contributed by atoms with Crippen molar-refractivity contribution in [1.82, 2.24) is 0 Å². The van der Waals surface area contributed by atoms with E-state index in [1.807, 2.05) is 25.1 Å². The molecule has 124 valence electrons. The molecule has 24 heavy (non-hydrogen) atoms. The van der Waals surface area contributed by atoms with Gasteiger partial charge in [0.1, 0.15) is 12.3 Å². The third-order valence-corrected chi connectivity index (χ3v) is 4.12. The first kappa shape index (κ1) is 16.3. The molecule has 0 amide bonds. The average molecular weight is 322 g/mol. The molecule has 0 unspecified atom stereocenters. The highest BCUT2D eigenvalue weighted by Gasteiger charge is 2.21. The van der Waals surface area contributed by atoms with E-state index < -0.39 is 0 Å². The largest absolute Gasteiger partial charge is 0.498 e. The van der Waals surface area contributed by atoms with Crippen LogP contribution in [-0.4, -0.2) is 6.61 Å². The molecule has 0 saturated carbocycles. The van der Waals surface area contributed by atoms with Crippen molar-refractivity contribution in [1.29, 1.82) is 0 Å². The molecule has 0 N–H and O–H groups in total. The molecule has 0 spiro atoms. The van der Waals surface area contributed by atoms with Gasteiger partial charge in [0.2, 0.25) is 5.58 Å². The minimum atomic E-state index is 0.671. The number of hydrogen-bond donors (Lipinski definition) is 0. The first-order chi connectivity index (χ1) is 11.8. The fourth-order valence-electron chi connectivity index (χ4n) is 2.91. The van der Waals surface area contributed by atoms with Gasteiger partial charge in [-0.3, -0.25) is 0 Å². The lowest BCUT2D eigenvalue weighted by molar-refractivity contribution is -0.674. The predicted octanol–water partition coefficient (Wildman–Crippen LogP) is 5.19. The van der Waals surface area contributed by atoms with Gasteiger partial charge in [-0.05, 0) is 31.0 Å². The maximum Gasteiger partial charge on any atom is 0.377 e. The van der Waals surface area contributed by atoms with Gasteiger partial charge in [0.15, 0.2) is 0 Å². The van der Waals surface area contributed by atoms with Crippen molar-refractivity contribution in [3.05, 3.63) is 60.2 Å². The summed E-state index contributed by atoms with van der Waals surface area (Å²) in [5.41, 5.74) is 4.41. The summed E-state index contributed by atoms with van der Waals surface area (Å²) in [6, 6.07) is 16.8. The average Bonchev–Trinajstić information content (AvgIpc) is 2.98. The number of oxazole rings is 1. The Kier molecular flexibility index (Phi) is 4.99. The van der Waals surface area contributed by atoms with Gasteiger partial charge in [0.25, 0.3) is 5.52 Å². The Balaban J connectivity index is 2.10. The summed E-state index contributed by atoms with van der Waals surface area (Å²) in [6.07, 6.45) is 2.86. The number of aromatic nitrogens is 1. The Morgan fingerprint density at radius 1 is 1.04 bits per heavy atom. The van der Waals surface area contributed by atoms with Gasteiger partial charge >= 0.3 is 5.89 Å². The summed E-state index contributed by atoms with van der Waals surface area (Å²) in [4.78, 5) is 0. The molecular weight excluding hydrogens is 298 g/mol. The van der Waals surface area contributed by atoms with E-state index in [0.29, 0.717) is 6.61 Å². The molecule has 0 saturated heterocycles. The van der Waals surface area contributed by atoms with Crippen molar-refractivity contribution in [2.45, 2.75) is 33.7 Å². The van der Waals surface area contributed by atoms with E-state index in [-0.39, 0.29) is 0 Å². The predicted molar refractivity (Wildman–Crippen MR) is 97.4 cm³/mol. The molecule has 0 atom stereocenters. The van der Waals surface area contributed by atoms with Crippen LogP contribution < -0.4 is 4.57 Å². The van der Waals surface area contributed by atoms with Crippen molar-refractivity contribution in [3.8, 4) is 11.1 Å². The Labute approximate surface area is 143 Å². The molecule has 0 aliphatic heterocycles. The molecule has 0 aliphatic carbocycles. The highest BCUT2D eigenvalue weighted by molar-refractivity contribution is 5.78. The van der Waals surface area contributed by atoms with Crippen molar-refractivity contribution >= 4 is 17.2 Å². The number of hydrogen-bond acceptors (Lipinski definition) is 2. The lowest BCUT2D eigenvalue weighted by Gasteiger charge is -2.03. The van der Waals surface area contributed by atoms with Crippen molar-refractivity contribution in [3.63, 3.8) is 0 Å². The molecule has 0 fully saturated rings. The molecule has 0 radical (unpaired) electrons. The highest BCUT2D eigenvalue weighted by atomic mass is 16.5. The summed E-state index contributed by atoms with van der Waals surface area (Å²) in [7, 11) is 0. The van der Waals surface area contributed by atoms with Crippen LogP contribution in [0.4, 0.5) is 0 Å². The van der Waals surface area contributed by atoms with Crippen LogP contribution in [0.25, 0.3) is 28.3 Å². The number of allylic oxidation sites excluding steroid dienone is 1. The van der Waals surface area contributed by atoms with Gasteiger partial charge < -0.3 is 9.15 Å². The second-order valence-electron chi connectivity index (χ2n) is 5.63. The topological polar surface area (TPSA) is 26.2 Å². The van der Waals surface area contributed by atoms with E-state index in [0.717, 1.165) is 35.7 Å². The van der Waals surface area contributed by atoms with E-state index in [4.69, 9.17) is 9.15 Å². The second kappa shape index (κ2) is 7.35. The summed E-state index contributed by atoms with van der Waals surface area (Å²) in [5, 5.41) is 0. The zero-order valence-electron chi connectivity index (χ0n) is 14.6. The first-order valence-corrected chi connectivity index (χ1v) is 8.62. The van der Waals surface area contributed by atoms with Crippen LogP contribution >= 0.6 is 0 Å². The second-order valence-corrected chi connectivity index (χ2v) is 5.63. The summed E-state index contributed by atoms with van der Waals surface area (Å²) in [6.45, 7) is 7.74. The van der Waals surface area contributed by atoms with E-state index in [9.17, 15) is 0 Å². The van der Waals surface area contributed by atoms with Crippen molar-refractivity contribution in [2.24, 2.45) is 0 Å². The Morgan fingerprint density at radius 3 is 2.50 bits per heavy atom. The van der Waals surface area contributed by atoms with Gasteiger partial charge in [-0.2, -0.15) is 4.57 Å². The quantitative estimate of drug-likeness (QED) is 0.461. The maximum absolute atomic E-state index is 6.07. The van der Waals surface area contributed by atoms with Crippen molar-refractivity contribution in [2.75, 3.05) is 6.61 Å². The summed E-state index contributed by atoms with van der Waals surface area (Å²) < 4.78 is 13.9. The van der Waals surface area contributed by atoms with Gasteiger partial charge in [-0.15, -0.1) is 0 Å². The normalized spacial score (nSPS) is 11.9. The summed E-state index contributed by atoms with van der Waals surface area (Å²) >= 11 is 0. The van der Waals surface area contributed by atoms with Gasteiger partial charge in [-0.25, -0.2) is 0 Å². The molecular formula is C21H24NO2+. The number of aryl methyl sites for hydroxylation is 1. The van der Waals surface area contributed by atoms with Crippen LogP contribution in [0.5, 0.6) is 0 Å². The number of benzene rings is 2. The lowest BCUT2D eigenvalue weighted by atomic mass is 10.1. The Morgan fingerprint density at radius 2 is 1.83 bits per heavy atom. The fraction of sp³-hybridized carbons (Fsp3) is 0.286. The maximum atomic E-state index is 6.07. The summed E-state index contributed by atoms with van der Waals surface area (Å²) in [5.74, 6) is 1.78. The molecule has 0 bridgehead atoms. The smallest absolute Gasteiger partial charge is 0.377 e. The molecule has 1 heterocycles. The van der Waals surface area contributed by atoms with Crippen LogP contribution in [0.3, 0.4) is 0 Å². The number of nitrogens with zero attached hydrogens (tertiary/aromatic N) is 1. The van der Waals surface area contributed by atoms with E-state index >= 15 is 0 Å². The number of ether oxygens (including phenoxy) is 1. The van der Waals surface area contributed by atoms with Crippen LogP contribution in [0.15, 0.2) is 58.7 Å². The molecule has 1 aromatic heterocycles. The third kappa shape index (κ3) is 3.21. The van der Waals surface area contributed by atoms with E-state index in [2.05, 4.69) is 54.8 Å². The fourth-order valence-corrected chi connectivity index (χ4v) is 2.91. The monoisotopic (exact) mass is 322 g/mol. The standard InChI is InChI=1S/C21H24NO2/c1-4-18(23-6-3)15-21-22(5-2)19-14-17(12-13-20(19)24-21)16-10-8-7-9-11-16/h7-15H,4-6H2,1-3H3/q+1. The minimum Gasteiger partial charge on any atom is -0.498 e. The molecule has 2 aromatic carbocycles. The Hall–Kier alpha value is -2.55. The zero-order chi connectivity index (χ0) is 16.9. The van der Waals surface area contributed by atoms with Gasteiger partial charge in [-0.1, -0.05) is 43.3 Å². The van der Waals surface area contributed by atoms with Crippen LogP contribution in [0.1, 0.15) is 33.1 Å². The van der Waals surface area contributed by atoms with Crippen LogP contribution in [0.2, 0.25) is 0 Å². The lowest BCUT2D eigenvalue weighted by Crippen LogP contribution is -2.33. The molecule has 3 nitrogen and oxygen atoms in total. The molecule has 3 heteroatoms. The van der Waals surface area contributed by atoms with Gasteiger partial charge in [0, 0.05) is 12.5 Å². The third-order valence-electron chi connectivity index (χ3n) is 4.12. The van der Waals surface area contributed by atoms with E-state index in [1.54, 1.807) is 0 Å². The SMILES string of the molecule is CCOC(=Cc1oc2ccc(-c3ccccc3)cc2[n+]1CC)CC. The number of fused-ring (bicyclic) bond motifs is 1. The molecule has 3 rings (SSSR count). The van der Waals surface area contributed by atoms with E-state index in [1.165, 1.54) is 11.1 Å². The molecule has 0 aliphatic rings. The highest BCUT2D eigenvalue weighted by Crippen LogP contribution is 2.24. The van der Waals surface area contributed by atoms with Crippen LogP contribution in [-0.2, 0) is 11.3 Å². The number of rotatable bonds is 6. The van der Waals surface area contributed by atoms with Gasteiger partial charge in [0.05, 0.1) is 12.7 Å². The zero-order valence-corrected chi connectivity index (χ0v) is 14.6. The minimum absolute atomic E-state index is 0.671.